The molecule has 0 spiro atoms. The number of hydrogen-bond donors (Lipinski definition) is 1. The first-order valence-electron chi connectivity index (χ1n) is 6.84. The minimum absolute atomic E-state index is 0.0890. The maximum atomic E-state index is 11.9. The molecule has 4 nitrogen and oxygen atoms in total. The van der Waals surface area contributed by atoms with Crippen LogP contribution in [0.25, 0.3) is 0 Å². The molecule has 0 aromatic heterocycles. The number of hydrogen-bond acceptors (Lipinski definition) is 3. The third-order valence-corrected chi connectivity index (χ3v) is 3.74. The smallest absolute Gasteiger partial charge is 0.237 e. The van der Waals surface area contributed by atoms with E-state index in [-0.39, 0.29) is 17.7 Å². The van der Waals surface area contributed by atoms with Crippen molar-refractivity contribution in [3.05, 3.63) is 29.8 Å². The summed E-state index contributed by atoms with van der Waals surface area (Å²) in [4.78, 5) is 25.0. The van der Waals surface area contributed by atoms with Gasteiger partial charge in [0.2, 0.25) is 11.8 Å². The number of rotatable bonds is 4. The summed E-state index contributed by atoms with van der Waals surface area (Å²) >= 11 is 0. The molecule has 19 heavy (non-hydrogen) atoms. The van der Waals surface area contributed by atoms with Crippen molar-refractivity contribution in [3.8, 4) is 0 Å². The number of anilines is 1. The van der Waals surface area contributed by atoms with E-state index in [1.165, 1.54) is 23.3 Å². The lowest BCUT2D eigenvalue weighted by Crippen LogP contribution is -2.29. The number of benzene rings is 1. The fraction of sp³-hybridized carbons (Fsp3) is 0.467. The number of imide groups is 1. The molecule has 0 radical (unpaired) electrons. The van der Waals surface area contributed by atoms with E-state index in [2.05, 4.69) is 5.32 Å². The molecular formula is C15H18N2O2. The van der Waals surface area contributed by atoms with Crippen molar-refractivity contribution in [2.75, 3.05) is 4.90 Å². The van der Waals surface area contributed by atoms with E-state index >= 15 is 0 Å². The summed E-state index contributed by atoms with van der Waals surface area (Å²) in [5.41, 5.74) is 1.87. The van der Waals surface area contributed by atoms with Crippen molar-refractivity contribution in [2.24, 2.45) is 5.92 Å². The second-order valence-electron chi connectivity index (χ2n) is 5.49. The average Bonchev–Trinajstić information content (AvgIpc) is 3.18. The largest absolute Gasteiger partial charge is 0.310 e. The van der Waals surface area contributed by atoms with Gasteiger partial charge in [0.05, 0.1) is 5.69 Å². The lowest BCUT2D eigenvalue weighted by molar-refractivity contribution is -0.122. The molecule has 2 amide bonds. The second kappa shape index (κ2) is 4.78. The Labute approximate surface area is 112 Å². The van der Waals surface area contributed by atoms with Crippen LogP contribution in [0.3, 0.4) is 0 Å². The van der Waals surface area contributed by atoms with Gasteiger partial charge >= 0.3 is 0 Å². The number of amides is 2. The van der Waals surface area contributed by atoms with Crippen LogP contribution < -0.4 is 10.2 Å². The lowest BCUT2D eigenvalue weighted by Gasteiger charge is -2.15. The fourth-order valence-electron chi connectivity index (χ4n) is 2.37. The zero-order valence-electron chi connectivity index (χ0n) is 11.1. The quantitative estimate of drug-likeness (QED) is 0.838. The highest BCUT2D eigenvalue weighted by Crippen LogP contribution is 2.26. The van der Waals surface area contributed by atoms with E-state index in [4.69, 9.17) is 0 Å². The summed E-state index contributed by atoms with van der Waals surface area (Å²) in [7, 11) is 0. The molecule has 2 fully saturated rings. The predicted octanol–water partition coefficient (Wildman–Crippen LogP) is 1.84. The maximum absolute atomic E-state index is 11.9. The molecule has 1 saturated carbocycles. The van der Waals surface area contributed by atoms with Gasteiger partial charge in [-0.05, 0) is 30.5 Å². The lowest BCUT2D eigenvalue weighted by atomic mass is 10.1. The second-order valence-corrected chi connectivity index (χ2v) is 5.49. The van der Waals surface area contributed by atoms with Gasteiger partial charge in [-0.3, -0.25) is 14.5 Å². The number of nitrogens with one attached hydrogen (secondary N) is 1. The van der Waals surface area contributed by atoms with E-state index in [1.807, 2.05) is 24.3 Å². The van der Waals surface area contributed by atoms with Gasteiger partial charge in [-0.15, -0.1) is 0 Å². The highest BCUT2D eigenvalue weighted by Gasteiger charge is 2.36. The van der Waals surface area contributed by atoms with E-state index in [1.54, 1.807) is 6.92 Å². The Morgan fingerprint density at radius 3 is 2.42 bits per heavy atom. The first-order chi connectivity index (χ1) is 9.15. The molecule has 1 aliphatic heterocycles. The highest BCUT2D eigenvalue weighted by molar-refractivity contribution is 6.20. The van der Waals surface area contributed by atoms with Crippen LogP contribution in [-0.4, -0.2) is 17.9 Å². The predicted molar refractivity (Wildman–Crippen MR) is 72.6 cm³/mol. The molecule has 1 unspecified atom stereocenters. The van der Waals surface area contributed by atoms with Crippen LogP contribution in [0.15, 0.2) is 24.3 Å². The molecular weight excluding hydrogens is 240 g/mol. The van der Waals surface area contributed by atoms with Gasteiger partial charge in [-0.1, -0.05) is 19.1 Å². The van der Waals surface area contributed by atoms with Crippen molar-refractivity contribution in [1.29, 1.82) is 0 Å². The first-order valence-corrected chi connectivity index (χ1v) is 6.84. The first kappa shape index (κ1) is 12.4. The molecule has 1 heterocycles. The van der Waals surface area contributed by atoms with Crippen molar-refractivity contribution < 1.29 is 9.59 Å². The molecule has 1 atom stereocenters. The van der Waals surface area contributed by atoms with Crippen LogP contribution in [-0.2, 0) is 16.1 Å². The van der Waals surface area contributed by atoms with Gasteiger partial charge in [-0.25, -0.2) is 0 Å². The van der Waals surface area contributed by atoms with Crippen molar-refractivity contribution in [1.82, 2.24) is 5.32 Å². The summed E-state index contributed by atoms with van der Waals surface area (Å²) < 4.78 is 0. The maximum Gasteiger partial charge on any atom is 0.237 e. The topological polar surface area (TPSA) is 49.4 Å². The van der Waals surface area contributed by atoms with Crippen LogP contribution in [0.2, 0.25) is 0 Å². The van der Waals surface area contributed by atoms with E-state index in [0.29, 0.717) is 18.2 Å². The van der Waals surface area contributed by atoms with Crippen molar-refractivity contribution >= 4 is 17.5 Å². The molecule has 0 bridgehead atoms. The van der Waals surface area contributed by atoms with E-state index in [9.17, 15) is 9.59 Å². The number of carbonyl (C=O) groups is 2. The monoisotopic (exact) mass is 258 g/mol. The Kier molecular flexibility index (Phi) is 3.11. The summed E-state index contributed by atoms with van der Waals surface area (Å²) in [5, 5.41) is 3.44. The van der Waals surface area contributed by atoms with Gasteiger partial charge in [0.1, 0.15) is 0 Å². The van der Waals surface area contributed by atoms with Crippen molar-refractivity contribution in [3.63, 3.8) is 0 Å². The Hall–Kier alpha value is -1.68. The zero-order valence-corrected chi connectivity index (χ0v) is 11.1. The molecule has 1 N–H and O–H groups in total. The molecule has 1 aliphatic carbocycles. The van der Waals surface area contributed by atoms with Gasteiger partial charge in [0, 0.05) is 24.9 Å². The summed E-state index contributed by atoms with van der Waals surface area (Å²) in [6, 6.07) is 8.36. The molecule has 100 valence electrons. The fourth-order valence-corrected chi connectivity index (χ4v) is 2.37. The summed E-state index contributed by atoms with van der Waals surface area (Å²) in [5.74, 6) is -0.376. The summed E-state index contributed by atoms with van der Waals surface area (Å²) in [6.45, 7) is 2.65. The van der Waals surface area contributed by atoms with Crippen LogP contribution in [0.5, 0.6) is 0 Å². The van der Waals surface area contributed by atoms with E-state index < -0.39 is 0 Å². The highest BCUT2D eigenvalue weighted by atomic mass is 16.2. The Bertz CT molecular complexity index is 505. The molecule has 2 aliphatic rings. The van der Waals surface area contributed by atoms with Crippen molar-refractivity contribution in [2.45, 2.75) is 38.8 Å². The van der Waals surface area contributed by atoms with Gasteiger partial charge in [0.15, 0.2) is 0 Å². The van der Waals surface area contributed by atoms with Crippen LogP contribution in [0, 0.1) is 5.92 Å². The van der Waals surface area contributed by atoms with E-state index in [0.717, 1.165) is 6.54 Å². The molecule has 1 saturated heterocycles. The third kappa shape index (κ3) is 2.54. The Balaban J connectivity index is 1.70. The average molecular weight is 258 g/mol. The van der Waals surface area contributed by atoms with Gasteiger partial charge < -0.3 is 5.32 Å². The minimum Gasteiger partial charge on any atom is -0.310 e. The Morgan fingerprint density at radius 1 is 1.21 bits per heavy atom. The number of nitrogens with zero attached hydrogens (tertiary/aromatic N) is 1. The standard InChI is InChI=1S/C15H18N2O2/c1-10-8-14(18)17(15(10)19)13-6-2-11(3-7-13)9-16-12-4-5-12/h2-3,6-7,10,12,16H,4-5,8-9H2,1H3. The molecule has 1 aromatic rings. The van der Waals surface area contributed by atoms with Crippen LogP contribution in [0.4, 0.5) is 5.69 Å². The molecule has 1 aromatic carbocycles. The third-order valence-electron chi connectivity index (χ3n) is 3.74. The van der Waals surface area contributed by atoms with Gasteiger partial charge in [0.25, 0.3) is 0 Å². The number of carbonyl (C=O) groups excluding carboxylic acids is 2. The summed E-state index contributed by atoms with van der Waals surface area (Å²) in [6.07, 6.45) is 2.86. The van der Waals surface area contributed by atoms with Gasteiger partial charge in [-0.2, -0.15) is 0 Å². The normalized spacial score (nSPS) is 23.2. The van der Waals surface area contributed by atoms with Crippen LogP contribution in [0.1, 0.15) is 31.7 Å². The molecule has 3 rings (SSSR count). The van der Waals surface area contributed by atoms with Crippen LogP contribution >= 0.6 is 0 Å². The molecule has 4 heteroatoms. The Morgan fingerprint density at radius 2 is 1.89 bits per heavy atom. The minimum atomic E-state index is -0.191. The SMILES string of the molecule is CC1CC(=O)N(c2ccc(CNC3CC3)cc2)C1=O. The zero-order chi connectivity index (χ0) is 13.4.